The third-order valence-corrected chi connectivity index (χ3v) is 18.7. The molecule has 618 valence electrons. The highest BCUT2D eigenvalue weighted by Crippen LogP contribution is 2.45. The minimum Gasteiger partial charge on any atom is -0.463 e. The first-order valence-corrected chi connectivity index (χ1v) is 44.7. The van der Waals surface area contributed by atoms with Gasteiger partial charge < -0.3 is 34.2 Å². The number of aliphatic hydroxyl groups is 2. The van der Waals surface area contributed by atoms with E-state index in [1.165, 1.54) is 57.8 Å². The number of carbonyl (C=O) groups excluding carboxylic acids is 3. The fourth-order valence-electron chi connectivity index (χ4n) is 10.6. The number of hydrogen-bond acceptors (Lipinski definition) is 14. The van der Waals surface area contributed by atoms with E-state index >= 15 is 0 Å². The van der Waals surface area contributed by atoms with E-state index in [2.05, 4.69) is 215 Å². The van der Waals surface area contributed by atoms with Crippen molar-refractivity contribution in [3.8, 4) is 0 Å². The van der Waals surface area contributed by atoms with Crippen molar-refractivity contribution in [2.45, 2.75) is 322 Å². The van der Waals surface area contributed by atoms with Crippen LogP contribution in [0.5, 0.6) is 0 Å². The lowest BCUT2D eigenvalue weighted by molar-refractivity contribution is -0.161. The van der Waals surface area contributed by atoms with Crippen LogP contribution in [0, 0.1) is 0 Å². The molecule has 0 radical (unpaired) electrons. The van der Waals surface area contributed by atoms with Crippen LogP contribution in [0.15, 0.2) is 194 Å². The molecule has 5 unspecified atom stereocenters. The normalized spacial score (nSPS) is 14.9. The summed E-state index contributed by atoms with van der Waals surface area (Å²) in [6.45, 7) is 2.28. The van der Waals surface area contributed by atoms with Gasteiger partial charge in [-0.2, -0.15) is 0 Å². The van der Waals surface area contributed by atoms with Crippen LogP contribution in [-0.2, 0) is 55.8 Å². The van der Waals surface area contributed by atoms with E-state index in [1.807, 2.05) is 0 Å². The van der Waals surface area contributed by atoms with Crippen molar-refractivity contribution in [2.24, 2.45) is 0 Å². The van der Waals surface area contributed by atoms with Crippen LogP contribution in [0.1, 0.15) is 303 Å². The largest absolute Gasteiger partial charge is 0.472 e. The van der Waals surface area contributed by atoms with Crippen molar-refractivity contribution in [3.05, 3.63) is 194 Å². The van der Waals surface area contributed by atoms with Crippen LogP contribution in [0.4, 0.5) is 0 Å². The average molecular weight is 1560 g/mol. The molecule has 18 heteroatoms. The number of aliphatic hydroxyl groups excluding tert-OH is 2. The molecule has 0 heterocycles. The smallest absolute Gasteiger partial charge is 0.463 e. The van der Waals surface area contributed by atoms with Crippen molar-refractivity contribution in [3.63, 3.8) is 0 Å². The van der Waals surface area contributed by atoms with Crippen LogP contribution in [0.3, 0.4) is 0 Å². The van der Waals surface area contributed by atoms with Crippen LogP contribution in [0.25, 0.3) is 0 Å². The van der Waals surface area contributed by atoms with E-state index < -0.39 is 91.5 Å². The zero-order valence-electron chi connectivity index (χ0n) is 67.6. The summed E-state index contributed by atoms with van der Waals surface area (Å²) in [5, 5.41) is 20.7. The standard InChI is InChI=1S/C91H148O16P2/c1-4-7-10-13-16-19-22-25-28-31-34-37-39-40-41-42-43-44-46-49-50-53-56-59-62-65-68-71-74-77-89(94)101-80-86(92)81-103-108(97,98)104-82-87(93)83-105-109(99,100)106-85-88(107-91(96)79-76-73-70-67-64-61-58-55-52-47-36-33-30-27-24-21-18-15-12-9-6-3)84-102-90(95)78-75-72-69-66-63-60-57-54-51-48-45-38-35-32-29-26-23-20-17-14-11-8-5-2/h7-12,16-21,25-30,34-38,40-41,47-48,51,55,57-58,60,86-88,92-93H,4-6,13-15,22-24,31-33,39,42-46,49-50,52-54,56,59,61-85H2,1-3H3,(H,97,98)(H,99,100)/b10-7-,11-8-,12-9-,19-16-,20-17-,21-18-,28-25-,29-26-,30-27-,37-34-,38-35-,41-40-,47-36-,51-48-,58-55-,60-57-. The van der Waals surface area contributed by atoms with Gasteiger partial charge in [-0.1, -0.05) is 318 Å². The molecule has 0 bridgehead atoms. The molecule has 0 aromatic rings. The molecule has 16 nitrogen and oxygen atoms in total. The Hall–Kier alpha value is -5.61. The van der Waals surface area contributed by atoms with Crippen LogP contribution < -0.4 is 0 Å². The molecular weight excluding hydrogens is 1410 g/mol. The molecule has 0 saturated heterocycles. The Balaban J connectivity index is 4.68. The second kappa shape index (κ2) is 81.9. The highest BCUT2D eigenvalue weighted by atomic mass is 31.2. The van der Waals surface area contributed by atoms with Crippen molar-refractivity contribution in [2.75, 3.05) is 39.6 Å². The lowest BCUT2D eigenvalue weighted by Crippen LogP contribution is -2.30. The van der Waals surface area contributed by atoms with Gasteiger partial charge in [0.2, 0.25) is 0 Å². The van der Waals surface area contributed by atoms with Gasteiger partial charge in [0.1, 0.15) is 25.4 Å². The molecule has 0 aromatic heterocycles. The van der Waals surface area contributed by atoms with Crippen molar-refractivity contribution in [1.29, 1.82) is 0 Å². The summed E-state index contributed by atoms with van der Waals surface area (Å²) in [7, 11) is -9.83. The van der Waals surface area contributed by atoms with Gasteiger partial charge in [0.25, 0.3) is 0 Å². The lowest BCUT2D eigenvalue weighted by Gasteiger charge is -2.21. The molecule has 0 fully saturated rings. The van der Waals surface area contributed by atoms with Crippen LogP contribution >= 0.6 is 15.6 Å². The van der Waals surface area contributed by atoms with Crippen molar-refractivity contribution in [1.82, 2.24) is 0 Å². The van der Waals surface area contributed by atoms with E-state index in [4.69, 9.17) is 32.3 Å². The summed E-state index contributed by atoms with van der Waals surface area (Å²) in [5.41, 5.74) is 0. The first kappa shape index (κ1) is 103. The molecule has 4 N–H and O–H groups in total. The summed E-state index contributed by atoms with van der Waals surface area (Å²) in [6.07, 6.45) is 108. The number of phosphoric ester groups is 2. The molecule has 0 spiro atoms. The first-order valence-electron chi connectivity index (χ1n) is 41.7. The Morgan fingerprint density at radius 2 is 0.459 bits per heavy atom. The molecule has 0 aliphatic carbocycles. The highest BCUT2D eigenvalue weighted by molar-refractivity contribution is 7.47. The quantitative estimate of drug-likeness (QED) is 0.0146. The summed E-state index contributed by atoms with van der Waals surface area (Å²) in [6, 6.07) is 0. The molecule has 109 heavy (non-hydrogen) atoms. The molecule has 0 aliphatic heterocycles. The zero-order chi connectivity index (χ0) is 79.4. The third-order valence-electron chi connectivity index (χ3n) is 16.8. The Bertz CT molecular complexity index is 2760. The number of hydrogen-bond donors (Lipinski definition) is 4. The van der Waals surface area contributed by atoms with Gasteiger partial charge in [-0.3, -0.25) is 32.5 Å². The zero-order valence-corrected chi connectivity index (χ0v) is 69.4. The SMILES string of the molecule is CC/C=C\C/C=C\C/C=C\C/C=C\C/C=C\C/C=C\CCCCCCC(=O)OCC(COP(=O)(O)OCC(O)COP(=O)(O)OCC(O)COC(=O)CCCCCCCCCCCCCCC/C=C\C/C=C\C/C=C\C/C=C\C/C=C\CC)OC(=O)CCCCCCC/C=C\C/C=C\C/C=C\C/C=C\C/C=C\CC. The Labute approximate surface area is 661 Å². The predicted molar refractivity (Wildman–Crippen MR) is 454 cm³/mol. The van der Waals surface area contributed by atoms with Crippen molar-refractivity contribution < 1.29 is 75.8 Å². The molecule has 0 rings (SSSR count). The minimum absolute atomic E-state index is 0.0683. The van der Waals surface area contributed by atoms with Gasteiger partial charge in [0.05, 0.1) is 26.4 Å². The maximum Gasteiger partial charge on any atom is 0.472 e. The number of rotatable bonds is 77. The maximum atomic E-state index is 13.0. The number of ether oxygens (including phenoxy) is 3. The Morgan fingerprint density at radius 3 is 0.725 bits per heavy atom. The number of unbranched alkanes of at least 4 members (excludes halogenated alkanes) is 22. The topological polar surface area (TPSA) is 231 Å². The number of phosphoric acid groups is 2. The number of esters is 3. The molecule has 0 saturated carbocycles. The number of allylic oxidation sites excluding steroid dienone is 32. The Kier molecular flexibility index (Phi) is 77.7. The maximum absolute atomic E-state index is 13.0. The summed E-state index contributed by atoms with van der Waals surface area (Å²) >= 11 is 0. The van der Waals surface area contributed by atoms with E-state index in [-0.39, 0.29) is 19.3 Å². The first-order chi connectivity index (χ1) is 53.2. The average Bonchev–Trinajstić information content (AvgIpc) is 0.904. The Morgan fingerprint density at radius 1 is 0.257 bits per heavy atom. The minimum atomic E-state index is -4.96. The van der Waals surface area contributed by atoms with Crippen LogP contribution in [-0.4, -0.2) is 95.9 Å². The second-order valence-corrected chi connectivity index (χ2v) is 30.0. The molecule has 5 atom stereocenters. The van der Waals surface area contributed by atoms with Crippen LogP contribution in [0.2, 0.25) is 0 Å². The fourth-order valence-corrected chi connectivity index (χ4v) is 12.2. The summed E-state index contributed by atoms with van der Waals surface area (Å²) < 4.78 is 61.3. The summed E-state index contributed by atoms with van der Waals surface area (Å²) in [4.78, 5) is 58.8. The highest BCUT2D eigenvalue weighted by Gasteiger charge is 2.29. The monoisotopic (exact) mass is 1560 g/mol. The van der Waals surface area contributed by atoms with Crippen molar-refractivity contribution >= 4 is 33.6 Å². The second-order valence-electron chi connectivity index (χ2n) is 27.1. The molecule has 0 amide bonds. The van der Waals surface area contributed by atoms with E-state index in [0.717, 1.165) is 186 Å². The third kappa shape index (κ3) is 83.2. The van der Waals surface area contributed by atoms with Gasteiger partial charge in [-0.05, 0) is 161 Å². The van der Waals surface area contributed by atoms with Gasteiger partial charge in [0.15, 0.2) is 6.10 Å². The summed E-state index contributed by atoms with van der Waals surface area (Å²) in [5.74, 6) is -1.64. The van der Waals surface area contributed by atoms with Gasteiger partial charge in [-0.25, -0.2) is 9.13 Å². The number of carbonyl (C=O) groups is 3. The van der Waals surface area contributed by atoms with Gasteiger partial charge in [0, 0.05) is 19.3 Å². The predicted octanol–water partition coefficient (Wildman–Crippen LogP) is 25.1. The molecular formula is C91H148O16P2. The van der Waals surface area contributed by atoms with E-state index in [1.54, 1.807) is 0 Å². The molecule has 0 aromatic carbocycles. The van der Waals surface area contributed by atoms with E-state index in [0.29, 0.717) is 19.3 Å². The fraction of sp³-hybridized carbons (Fsp3) is 0.615. The van der Waals surface area contributed by atoms with E-state index in [9.17, 15) is 43.5 Å². The molecule has 0 aliphatic rings. The lowest BCUT2D eigenvalue weighted by atomic mass is 10.0. The van der Waals surface area contributed by atoms with Gasteiger partial charge >= 0.3 is 33.6 Å². The van der Waals surface area contributed by atoms with Gasteiger partial charge in [-0.15, -0.1) is 0 Å².